The summed E-state index contributed by atoms with van der Waals surface area (Å²) >= 11 is 1.67. The number of imidazole rings is 1. The van der Waals surface area contributed by atoms with Gasteiger partial charge in [0.05, 0.1) is 39.1 Å². The van der Waals surface area contributed by atoms with Gasteiger partial charge in [-0.25, -0.2) is 9.78 Å². The van der Waals surface area contributed by atoms with Crippen LogP contribution in [0.3, 0.4) is 0 Å². The summed E-state index contributed by atoms with van der Waals surface area (Å²) in [5.41, 5.74) is 0.427. The molecule has 35 heavy (non-hydrogen) atoms. The number of methoxy groups -OCH3 is 3. The molecule has 0 saturated heterocycles. The SMILES string of the molecule is COc1ccc(C(CC(=O)NCc2cn3c(n2)SCC3)c2c(O)cc(C)oc2=O)c(OC)c1OC. The third kappa shape index (κ3) is 4.95. The number of aromatic nitrogens is 2. The van der Waals surface area contributed by atoms with Crippen molar-refractivity contribution in [1.82, 2.24) is 14.9 Å². The Balaban J connectivity index is 1.69. The van der Waals surface area contributed by atoms with Crippen LogP contribution in [0.5, 0.6) is 23.0 Å². The summed E-state index contributed by atoms with van der Waals surface area (Å²) in [5, 5.41) is 14.5. The van der Waals surface area contributed by atoms with Crippen molar-refractivity contribution in [3.05, 3.63) is 57.4 Å². The van der Waals surface area contributed by atoms with Crippen molar-refractivity contribution in [3.63, 3.8) is 0 Å². The molecule has 4 rings (SSSR count). The van der Waals surface area contributed by atoms with E-state index in [1.54, 1.807) is 30.8 Å². The summed E-state index contributed by atoms with van der Waals surface area (Å²) in [5.74, 6) is 0.760. The minimum atomic E-state index is -0.885. The van der Waals surface area contributed by atoms with Crippen LogP contribution in [0.25, 0.3) is 0 Å². The maximum Gasteiger partial charge on any atom is 0.343 e. The molecular weight excluding hydrogens is 474 g/mol. The lowest BCUT2D eigenvalue weighted by molar-refractivity contribution is -0.121. The normalized spacial score (nSPS) is 13.3. The van der Waals surface area contributed by atoms with Crippen LogP contribution in [0.4, 0.5) is 0 Å². The fourth-order valence-electron chi connectivity index (χ4n) is 4.19. The van der Waals surface area contributed by atoms with E-state index >= 15 is 0 Å². The molecule has 0 fully saturated rings. The lowest BCUT2D eigenvalue weighted by Gasteiger charge is -2.22. The predicted octanol–water partition coefficient (Wildman–Crippen LogP) is 2.82. The number of hydrogen-bond acceptors (Lipinski definition) is 9. The summed E-state index contributed by atoms with van der Waals surface area (Å²) in [6.45, 7) is 2.69. The van der Waals surface area contributed by atoms with E-state index in [0.29, 0.717) is 17.1 Å². The summed E-state index contributed by atoms with van der Waals surface area (Å²) in [6, 6.07) is 4.67. The van der Waals surface area contributed by atoms with Gasteiger partial charge in [-0.2, -0.15) is 0 Å². The predicted molar refractivity (Wildman–Crippen MR) is 129 cm³/mol. The first kappa shape index (κ1) is 24.5. The highest BCUT2D eigenvalue weighted by atomic mass is 32.2. The van der Waals surface area contributed by atoms with Crippen LogP contribution < -0.4 is 25.2 Å². The van der Waals surface area contributed by atoms with Crippen LogP contribution in [-0.4, -0.2) is 47.6 Å². The molecule has 2 N–H and O–H groups in total. The van der Waals surface area contributed by atoms with E-state index in [-0.39, 0.29) is 41.7 Å². The van der Waals surface area contributed by atoms with Crippen molar-refractivity contribution < 1.29 is 28.5 Å². The van der Waals surface area contributed by atoms with E-state index in [2.05, 4.69) is 14.9 Å². The standard InChI is InChI=1S/C24H27N3O7S/c1-13-9-17(28)20(23(30)34-13)16(15-5-6-18(31-2)22(33-4)21(15)32-3)10-19(29)25-11-14-12-27-7-8-35-24(27)26-14/h5-6,9,12,16,28H,7-8,10-11H2,1-4H3,(H,25,29). The molecule has 3 aromatic rings. The average Bonchev–Trinajstić information content (AvgIpc) is 3.42. The third-order valence-electron chi connectivity index (χ3n) is 5.76. The highest BCUT2D eigenvalue weighted by molar-refractivity contribution is 7.99. The molecular formula is C24H27N3O7S. The van der Waals surface area contributed by atoms with Crippen LogP contribution in [0.2, 0.25) is 0 Å². The van der Waals surface area contributed by atoms with Crippen LogP contribution in [-0.2, 0) is 17.9 Å². The molecule has 0 spiro atoms. The molecule has 0 bridgehead atoms. The number of amides is 1. The van der Waals surface area contributed by atoms with Crippen LogP contribution in [0, 0.1) is 6.92 Å². The van der Waals surface area contributed by atoms with Crippen molar-refractivity contribution in [2.45, 2.75) is 37.5 Å². The number of carbonyl (C=O) groups is 1. The molecule has 10 nitrogen and oxygen atoms in total. The van der Waals surface area contributed by atoms with Gasteiger partial charge < -0.3 is 33.6 Å². The van der Waals surface area contributed by atoms with Crippen molar-refractivity contribution in [2.75, 3.05) is 27.1 Å². The van der Waals surface area contributed by atoms with E-state index in [1.165, 1.54) is 27.4 Å². The number of fused-ring (bicyclic) bond motifs is 1. The van der Waals surface area contributed by atoms with Crippen LogP contribution in [0.15, 0.2) is 38.8 Å². The first-order chi connectivity index (χ1) is 16.9. The topological polar surface area (TPSA) is 125 Å². The lowest BCUT2D eigenvalue weighted by atomic mass is 9.87. The van der Waals surface area contributed by atoms with Gasteiger partial charge in [-0.15, -0.1) is 0 Å². The molecule has 1 aliphatic heterocycles. The summed E-state index contributed by atoms with van der Waals surface area (Å²) in [7, 11) is 4.40. The van der Waals surface area contributed by atoms with Crippen LogP contribution >= 0.6 is 11.8 Å². The van der Waals surface area contributed by atoms with Gasteiger partial charge >= 0.3 is 5.63 Å². The van der Waals surface area contributed by atoms with Gasteiger partial charge in [0.1, 0.15) is 11.5 Å². The Bertz CT molecular complexity index is 1280. The molecule has 0 saturated carbocycles. The third-order valence-corrected chi connectivity index (χ3v) is 6.73. The Morgan fingerprint density at radius 2 is 2.03 bits per heavy atom. The molecule has 3 heterocycles. The van der Waals surface area contributed by atoms with Crippen molar-refractivity contribution in [3.8, 4) is 23.0 Å². The molecule has 186 valence electrons. The monoisotopic (exact) mass is 501 g/mol. The molecule has 0 radical (unpaired) electrons. The van der Waals surface area contributed by atoms with Crippen molar-refractivity contribution in [1.29, 1.82) is 0 Å². The maximum absolute atomic E-state index is 13.1. The van der Waals surface area contributed by atoms with Gasteiger partial charge in [-0.05, 0) is 13.0 Å². The molecule has 1 aromatic carbocycles. The van der Waals surface area contributed by atoms with Crippen molar-refractivity contribution in [2.24, 2.45) is 0 Å². The zero-order valence-electron chi connectivity index (χ0n) is 19.9. The number of nitrogens with zero attached hydrogens (tertiary/aromatic N) is 2. The number of rotatable bonds is 9. The van der Waals surface area contributed by atoms with Crippen LogP contribution in [0.1, 0.15) is 34.9 Å². The minimum absolute atomic E-state index is 0.0476. The highest BCUT2D eigenvalue weighted by Crippen LogP contribution is 2.45. The molecule has 1 atom stereocenters. The Labute approximate surface area is 206 Å². The zero-order valence-corrected chi connectivity index (χ0v) is 20.7. The lowest BCUT2D eigenvalue weighted by Crippen LogP contribution is -2.27. The second-order valence-corrected chi connectivity index (χ2v) is 9.02. The quantitative estimate of drug-likeness (QED) is 0.455. The van der Waals surface area contributed by atoms with Gasteiger partial charge in [-0.3, -0.25) is 4.79 Å². The Hall–Kier alpha value is -3.60. The second-order valence-electron chi connectivity index (χ2n) is 7.96. The second kappa shape index (κ2) is 10.3. The number of nitrogens with one attached hydrogen (secondary N) is 1. The molecule has 11 heteroatoms. The van der Waals surface area contributed by atoms with E-state index in [0.717, 1.165) is 23.1 Å². The number of ether oxygens (including phenoxy) is 3. The fourth-order valence-corrected chi connectivity index (χ4v) is 5.15. The molecule has 0 aliphatic carbocycles. The van der Waals surface area contributed by atoms with Gasteiger partial charge in [0.25, 0.3) is 0 Å². The molecule has 2 aromatic heterocycles. The number of aryl methyl sites for hydroxylation is 2. The Morgan fingerprint density at radius 3 is 2.69 bits per heavy atom. The van der Waals surface area contributed by atoms with Gasteiger partial charge in [0.15, 0.2) is 16.7 Å². The highest BCUT2D eigenvalue weighted by Gasteiger charge is 2.30. The number of thioether (sulfide) groups is 1. The first-order valence-corrected chi connectivity index (χ1v) is 11.9. The van der Waals surface area contributed by atoms with E-state index in [9.17, 15) is 14.7 Å². The summed E-state index contributed by atoms with van der Waals surface area (Å²) < 4.78 is 23.7. The maximum atomic E-state index is 13.1. The van der Waals surface area contributed by atoms with E-state index in [4.69, 9.17) is 18.6 Å². The molecule has 1 unspecified atom stereocenters. The fraction of sp³-hybridized carbons (Fsp3) is 0.375. The Kier molecular flexibility index (Phi) is 7.25. The Morgan fingerprint density at radius 1 is 1.26 bits per heavy atom. The van der Waals surface area contributed by atoms with Gasteiger partial charge in [-0.1, -0.05) is 17.8 Å². The smallest absolute Gasteiger partial charge is 0.343 e. The minimum Gasteiger partial charge on any atom is -0.507 e. The van der Waals surface area contributed by atoms with Gasteiger partial charge in [0.2, 0.25) is 11.7 Å². The zero-order chi connectivity index (χ0) is 25.1. The average molecular weight is 502 g/mol. The largest absolute Gasteiger partial charge is 0.507 e. The number of benzene rings is 1. The number of carbonyl (C=O) groups excluding carboxylic acids is 1. The molecule has 1 amide bonds. The van der Waals surface area contributed by atoms with Gasteiger partial charge in [0, 0.05) is 42.5 Å². The first-order valence-electron chi connectivity index (χ1n) is 10.9. The van der Waals surface area contributed by atoms with E-state index < -0.39 is 11.5 Å². The number of hydrogen-bond donors (Lipinski definition) is 2. The summed E-state index contributed by atoms with van der Waals surface area (Å²) in [6.07, 6.45) is 1.76. The van der Waals surface area contributed by atoms with E-state index in [1.807, 2.05) is 6.20 Å². The van der Waals surface area contributed by atoms with Crippen molar-refractivity contribution >= 4 is 17.7 Å². The summed E-state index contributed by atoms with van der Waals surface area (Å²) in [4.78, 5) is 30.4. The number of aromatic hydroxyl groups is 1. The molecule has 1 aliphatic rings.